The van der Waals surface area contributed by atoms with E-state index in [0.29, 0.717) is 17.2 Å². The Kier molecular flexibility index (Phi) is 7.38. The van der Waals surface area contributed by atoms with Gasteiger partial charge in [-0.15, -0.1) is 0 Å². The van der Waals surface area contributed by atoms with E-state index < -0.39 is 30.4 Å². The van der Waals surface area contributed by atoms with Gasteiger partial charge in [0.1, 0.15) is 17.5 Å². The summed E-state index contributed by atoms with van der Waals surface area (Å²) in [5.41, 5.74) is 0.848. The number of amides is 2. The Hall–Kier alpha value is -3.55. The smallest absolute Gasteiger partial charge is 0.328 e. The third-order valence-corrected chi connectivity index (χ3v) is 3.79. The van der Waals surface area contributed by atoms with Crippen molar-refractivity contribution in [3.63, 3.8) is 0 Å². The lowest BCUT2D eigenvalue weighted by Crippen LogP contribution is -2.42. The molecule has 8 nitrogen and oxygen atoms in total. The maximum atomic E-state index is 12.3. The molecule has 0 unspecified atom stereocenters. The molecule has 0 bridgehead atoms. The Labute approximate surface area is 162 Å². The van der Waals surface area contributed by atoms with Crippen LogP contribution in [0.15, 0.2) is 48.5 Å². The van der Waals surface area contributed by atoms with Crippen LogP contribution in [-0.4, -0.2) is 44.7 Å². The molecule has 148 valence electrons. The predicted octanol–water partition coefficient (Wildman–Crippen LogP) is 2.64. The van der Waals surface area contributed by atoms with Crippen molar-refractivity contribution in [1.82, 2.24) is 5.32 Å². The number of anilines is 1. The molecule has 0 radical (unpaired) electrons. The minimum atomic E-state index is -0.936. The number of rotatable bonds is 8. The first-order valence-corrected chi connectivity index (χ1v) is 8.49. The number of esters is 1. The van der Waals surface area contributed by atoms with E-state index in [0.717, 1.165) is 0 Å². The summed E-state index contributed by atoms with van der Waals surface area (Å²) in [4.78, 5) is 36.3. The molecule has 0 aliphatic heterocycles. The summed E-state index contributed by atoms with van der Waals surface area (Å²) in [6, 6.07) is 12.0. The number of ketones is 1. The molecule has 2 aromatic rings. The van der Waals surface area contributed by atoms with E-state index in [1.165, 1.54) is 27.2 Å². The van der Waals surface area contributed by atoms with Gasteiger partial charge in [-0.05, 0) is 31.2 Å². The van der Waals surface area contributed by atoms with Crippen LogP contribution in [0.1, 0.15) is 17.3 Å². The monoisotopic (exact) mass is 386 g/mol. The van der Waals surface area contributed by atoms with Gasteiger partial charge in [-0.2, -0.15) is 0 Å². The van der Waals surface area contributed by atoms with Crippen molar-refractivity contribution in [2.45, 2.75) is 13.0 Å². The number of hydrogen-bond donors (Lipinski definition) is 2. The number of benzene rings is 2. The molecule has 0 saturated heterocycles. The second-order valence-corrected chi connectivity index (χ2v) is 5.78. The van der Waals surface area contributed by atoms with Crippen LogP contribution in [0.25, 0.3) is 0 Å². The topological polar surface area (TPSA) is 103 Å². The van der Waals surface area contributed by atoms with E-state index in [4.69, 9.17) is 14.2 Å². The summed E-state index contributed by atoms with van der Waals surface area (Å²) in [5.74, 6) is -0.320. The lowest BCUT2D eigenvalue weighted by Gasteiger charge is -2.14. The van der Waals surface area contributed by atoms with Crippen LogP contribution in [-0.2, 0) is 9.53 Å². The van der Waals surface area contributed by atoms with Gasteiger partial charge in [0.2, 0.25) is 5.78 Å². The first-order chi connectivity index (χ1) is 13.4. The van der Waals surface area contributed by atoms with Gasteiger partial charge in [0, 0.05) is 11.8 Å². The summed E-state index contributed by atoms with van der Waals surface area (Å²) in [6.07, 6.45) is 0. The van der Waals surface area contributed by atoms with E-state index in [9.17, 15) is 14.4 Å². The van der Waals surface area contributed by atoms with E-state index >= 15 is 0 Å². The molecule has 2 amide bonds. The molecule has 0 aromatic heterocycles. The number of Topliss-reactive ketones (excluding diaryl/α,β-unsaturated/α-hetero) is 1. The van der Waals surface area contributed by atoms with E-state index in [2.05, 4.69) is 10.6 Å². The Morgan fingerprint density at radius 1 is 1.00 bits per heavy atom. The fraction of sp³-hybridized carbons (Fsp3) is 0.250. The highest BCUT2D eigenvalue weighted by atomic mass is 16.5. The van der Waals surface area contributed by atoms with Crippen LogP contribution >= 0.6 is 0 Å². The molecular weight excluding hydrogens is 364 g/mol. The highest BCUT2D eigenvalue weighted by Crippen LogP contribution is 2.25. The molecule has 0 spiro atoms. The molecule has 2 aromatic carbocycles. The van der Waals surface area contributed by atoms with Crippen LogP contribution < -0.4 is 20.1 Å². The molecule has 0 saturated carbocycles. The van der Waals surface area contributed by atoms with Crippen molar-refractivity contribution < 1.29 is 28.6 Å². The highest BCUT2D eigenvalue weighted by molar-refractivity contribution is 6.01. The first-order valence-electron chi connectivity index (χ1n) is 8.49. The standard InChI is InChI=1S/C20H22N2O6/c1-13(21-20(25)22-14-7-5-4-6-8-14)19(24)28-12-17(23)16-10-9-15(26-2)11-18(16)27-3/h4-11,13H,12H2,1-3H3,(H2,21,22,25)/t13-/m0/s1. The lowest BCUT2D eigenvalue weighted by molar-refractivity contribution is -0.144. The Morgan fingerprint density at radius 3 is 2.36 bits per heavy atom. The molecule has 0 fully saturated rings. The second kappa shape index (κ2) is 9.96. The normalized spacial score (nSPS) is 11.1. The fourth-order valence-electron chi connectivity index (χ4n) is 2.31. The van der Waals surface area contributed by atoms with Gasteiger partial charge in [0.05, 0.1) is 19.8 Å². The summed E-state index contributed by atoms with van der Waals surface area (Å²) in [5, 5.41) is 5.04. The van der Waals surface area contributed by atoms with E-state index in [1.807, 2.05) is 6.07 Å². The van der Waals surface area contributed by atoms with Crippen LogP contribution in [0.3, 0.4) is 0 Å². The number of urea groups is 1. The highest BCUT2D eigenvalue weighted by Gasteiger charge is 2.20. The van der Waals surface area contributed by atoms with Gasteiger partial charge in [-0.25, -0.2) is 9.59 Å². The molecular formula is C20H22N2O6. The first kappa shape index (κ1) is 20.8. The lowest BCUT2D eigenvalue weighted by atomic mass is 10.1. The number of carbonyl (C=O) groups is 3. The van der Waals surface area contributed by atoms with Crippen LogP contribution in [0.4, 0.5) is 10.5 Å². The zero-order chi connectivity index (χ0) is 20.5. The molecule has 8 heteroatoms. The van der Waals surface area contributed by atoms with Crippen molar-refractivity contribution in [2.75, 3.05) is 26.1 Å². The molecule has 1 atom stereocenters. The zero-order valence-corrected chi connectivity index (χ0v) is 15.9. The third kappa shape index (κ3) is 5.73. The van der Waals surface area contributed by atoms with Gasteiger partial charge in [-0.3, -0.25) is 4.79 Å². The maximum Gasteiger partial charge on any atom is 0.328 e. The molecule has 2 N–H and O–H groups in total. The molecule has 0 aliphatic carbocycles. The Morgan fingerprint density at radius 2 is 1.71 bits per heavy atom. The largest absolute Gasteiger partial charge is 0.497 e. The van der Waals surface area contributed by atoms with Gasteiger partial charge < -0.3 is 24.8 Å². The van der Waals surface area contributed by atoms with Crippen molar-refractivity contribution in [2.24, 2.45) is 0 Å². The molecule has 0 heterocycles. The third-order valence-electron chi connectivity index (χ3n) is 3.79. The van der Waals surface area contributed by atoms with Gasteiger partial charge >= 0.3 is 12.0 Å². The number of hydrogen-bond acceptors (Lipinski definition) is 6. The number of methoxy groups -OCH3 is 2. The SMILES string of the molecule is COc1ccc(C(=O)COC(=O)[C@H](C)NC(=O)Nc2ccccc2)c(OC)c1. The minimum absolute atomic E-state index is 0.263. The van der Waals surface area contributed by atoms with E-state index in [1.54, 1.807) is 36.4 Å². The van der Waals surface area contributed by atoms with E-state index in [-0.39, 0.29) is 5.56 Å². The second-order valence-electron chi connectivity index (χ2n) is 5.78. The number of nitrogens with one attached hydrogen (secondary N) is 2. The van der Waals surface area contributed by atoms with Gasteiger partial charge in [0.15, 0.2) is 6.61 Å². The van der Waals surface area contributed by atoms with Crippen molar-refractivity contribution >= 4 is 23.5 Å². The zero-order valence-electron chi connectivity index (χ0n) is 15.9. The Balaban J connectivity index is 1.87. The molecule has 2 rings (SSSR count). The maximum absolute atomic E-state index is 12.3. The van der Waals surface area contributed by atoms with Gasteiger partial charge in [-0.1, -0.05) is 18.2 Å². The minimum Gasteiger partial charge on any atom is -0.497 e. The number of ether oxygens (including phenoxy) is 3. The average molecular weight is 386 g/mol. The predicted molar refractivity (Wildman–Crippen MR) is 103 cm³/mol. The summed E-state index contributed by atoms with van der Waals surface area (Å²) in [7, 11) is 2.93. The van der Waals surface area contributed by atoms with Crippen LogP contribution in [0.5, 0.6) is 11.5 Å². The number of carbonyl (C=O) groups excluding carboxylic acids is 3. The summed E-state index contributed by atoms with van der Waals surface area (Å²) < 4.78 is 15.3. The van der Waals surface area contributed by atoms with Crippen molar-refractivity contribution in [1.29, 1.82) is 0 Å². The van der Waals surface area contributed by atoms with Crippen LogP contribution in [0, 0.1) is 0 Å². The number of para-hydroxylation sites is 1. The van der Waals surface area contributed by atoms with Crippen molar-refractivity contribution in [3.8, 4) is 11.5 Å². The van der Waals surface area contributed by atoms with Crippen LogP contribution in [0.2, 0.25) is 0 Å². The average Bonchev–Trinajstić information content (AvgIpc) is 2.71. The summed E-state index contributed by atoms with van der Waals surface area (Å²) in [6.45, 7) is 0.985. The quantitative estimate of drug-likeness (QED) is 0.534. The Bertz CT molecular complexity index is 838. The fourth-order valence-corrected chi connectivity index (χ4v) is 2.31. The van der Waals surface area contributed by atoms with Crippen molar-refractivity contribution in [3.05, 3.63) is 54.1 Å². The summed E-state index contributed by atoms with van der Waals surface area (Å²) >= 11 is 0. The molecule has 28 heavy (non-hydrogen) atoms. The molecule has 0 aliphatic rings. The van der Waals surface area contributed by atoms with Gasteiger partial charge in [0.25, 0.3) is 0 Å².